The lowest BCUT2D eigenvalue weighted by Crippen LogP contribution is -2.12. The SMILES string of the molecule is Clc1cc(Cl)cc(-c2nc(-c3ccccc3)cc(-c3cccc(-c4ccccc4)c3)n2)c1.Clc1nc(-c2ccccc2)nc(-c2cccc(-c3ccccc3)c2)n1.O.O[B]c1cc(Cl)cc(Cl)c1. The highest BCUT2D eigenvalue weighted by molar-refractivity contribution is 6.47. The molecule has 0 unspecified atom stereocenters. The van der Waals surface area contributed by atoms with Crippen LogP contribution in [0.1, 0.15) is 0 Å². The Hall–Kier alpha value is -6.72. The van der Waals surface area contributed by atoms with Crippen molar-refractivity contribution < 1.29 is 10.5 Å². The van der Waals surface area contributed by atoms with E-state index in [4.69, 9.17) is 73.0 Å². The van der Waals surface area contributed by atoms with E-state index in [1.807, 2.05) is 127 Å². The molecule has 0 saturated carbocycles. The van der Waals surface area contributed by atoms with Gasteiger partial charge in [-0.1, -0.05) is 210 Å². The predicted octanol–water partition coefficient (Wildman–Crippen LogP) is 14.4. The van der Waals surface area contributed by atoms with Crippen LogP contribution in [0, 0.1) is 0 Å². The number of nitrogens with zero attached hydrogens (tertiary/aromatic N) is 5. The lowest BCUT2D eigenvalue weighted by atomic mass is 9.89. The normalized spacial score (nSPS) is 10.4. The van der Waals surface area contributed by atoms with Crippen LogP contribution in [0.15, 0.2) is 212 Å². The Morgan fingerprint density at radius 3 is 1.16 bits per heavy atom. The first-order valence-electron chi connectivity index (χ1n) is 20.8. The van der Waals surface area contributed by atoms with Crippen molar-refractivity contribution in [3.05, 3.63) is 238 Å². The number of halogens is 5. The molecule has 0 spiro atoms. The van der Waals surface area contributed by atoms with Gasteiger partial charge in [0.2, 0.25) is 5.28 Å². The van der Waals surface area contributed by atoms with Gasteiger partial charge in [-0.2, -0.15) is 9.97 Å². The quantitative estimate of drug-likeness (QED) is 0.152. The third-order valence-electron chi connectivity index (χ3n) is 10.1. The fourth-order valence-electron chi connectivity index (χ4n) is 6.97. The summed E-state index contributed by atoms with van der Waals surface area (Å²) in [6.07, 6.45) is 0. The Bertz CT molecular complexity index is 3210. The number of benzene rings is 8. The summed E-state index contributed by atoms with van der Waals surface area (Å²) in [7, 11) is 0.956. The Balaban J connectivity index is 0.000000169. The number of hydrogen-bond acceptors (Lipinski definition) is 6. The molecule has 333 valence electrons. The van der Waals surface area contributed by atoms with Crippen molar-refractivity contribution in [2.24, 2.45) is 0 Å². The third-order valence-corrected chi connectivity index (χ3v) is 11.1. The van der Waals surface area contributed by atoms with Crippen molar-refractivity contribution in [3.63, 3.8) is 0 Å². The highest BCUT2D eigenvalue weighted by atomic mass is 35.5. The summed E-state index contributed by atoms with van der Waals surface area (Å²) in [5.74, 6) is 1.72. The van der Waals surface area contributed by atoms with Crippen molar-refractivity contribution in [2.75, 3.05) is 0 Å². The topological polar surface area (TPSA) is 116 Å². The van der Waals surface area contributed by atoms with Crippen LogP contribution in [-0.4, -0.2) is 42.9 Å². The molecule has 1 radical (unpaired) electrons. The van der Waals surface area contributed by atoms with Gasteiger partial charge in [0.1, 0.15) is 0 Å². The minimum atomic E-state index is 0. The molecule has 0 aliphatic heterocycles. The average molecular weight is 989 g/mol. The van der Waals surface area contributed by atoms with Gasteiger partial charge in [0.15, 0.2) is 17.5 Å². The lowest BCUT2D eigenvalue weighted by Gasteiger charge is -2.11. The molecule has 2 aromatic heterocycles. The van der Waals surface area contributed by atoms with E-state index in [1.165, 1.54) is 0 Å². The lowest BCUT2D eigenvalue weighted by molar-refractivity contribution is 0.615. The molecule has 8 aromatic carbocycles. The maximum Gasteiger partial charge on any atom is 0.326 e. The van der Waals surface area contributed by atoms with Crippen LogP contribution < -0.4 is 5.46 Å². The van der Waals surface area contributed by atoms with E-state index in [0.29, 0.717) is 43.0 Å². The van der Waals surface area contributed by atoms with E-state index < -0.39 is 0 Å². The molecule has 10 rings (SSSR count). The van der Waals surface area contributed by atoms with Crippen molar-refractivity contribution in [2.45, 2.75) is 0 Å². The summed E-state index contributed by atoms with van der Waals surface area (Å²) in [5, 5.41) is 10.9. The molecule has 3 N–H and O–H groups in total. The zero-order valence-electron chi connectivity index (χ0n) is 35.9. The maximum absolute atomic E-state index is 8.54. The summed E-state index contributed by atoms with van der Waals surface area (Å²) < 4.78 is 0. The summed E-state index contributed by atoms with van der Waals surface area (Å²) >= 11 is 29.9. The molecule has 0 fully saturated rings. The van der Waals surface area contributed by atoms with Crippen LogP contribution in [0.5, 0.6) is 0 Å². The summed E-state index contributed by atoms with van der Waals surface area (Å²) in [6, 6.07) is 69.1. The van der Waals surface area contributed by atoms with Gasteiger partial charge in [-0.15, -0.1) is 0 Å². The van der Waals surface area contributed by atoms with Gasteiger partial charge in [0.25, 0.3) is 0 Å². The largest absolute Gasteiger partial charge is 0.450 e. The minimum absolute atomic E-state index is 0. The molecule has 0 amide bonds. The van der Waals surface area contributed by atoms with E-state index in [1.54, 1.807) is 24.3 Å². The Labute approximate surface area is 420 Å². The zero-order valence-corrected chi connectivity index (χ0v) is 39.6. The van der Waals surface area contributed by atoms with Crippen molar-refractivity contribution in [3.8, 4) is 78.9 Å². The molecular formula is C55H38BCl5N5O2. The number of hydrogen-bond donors (Lipinski definition) is 1. The first kappa shape index (κ1) is 49.2. The van der Waals surface area contributed by atoms with Gasteiger partial charge in [0, 0.05) is 47.9 Å². The molecule has 13 heteroatoms. The van der Waals surface area contributed by atoms with Gasteiger partial charge in [-0.3, -0.25) is 0 Å². The first-order valence-corrected chi connectivity index (χ1v) is 22.7. The zero-order chi connectivity index (χ0) is 46.5. The van der Waals surface area contributed by atoms with E-state index in [9.17, 15) is 0 Å². The fraction of sp³-hybridized carbons (Fsp3) is 0. The summed E-state index contributed by atoms with van der Waals surface area (Å²) in [4.78, 5) is 22.9. The minimum Gasteiger partial charge on any atom is -0.450 e. The molecular weight excluding hydrogens is 951 g/mol. The third kappa shape index (κ3) is 13.3. The summed E-state index contributed by atoms with van der Waals surface area (Å²) in [6.45, 7) is 0. The van der Waals surface area contributed by atoms with Gasteiger partial charge in [-0.25, -0.2) is 15.0 Å². The molecule has 68 heavy (non-hydrogen) atoms. The molecule has 10 aromatic rings. The van der Waals surface area contributed by atoms with Crippen LogP contribution in [0.25, 0.3) is 78.9 Å². The highest BCUT2D eigenvalue weighted by Gasteiger charge is 2.14. The van der Waals surface area contributed by atoms with Crippen LogP contribution in [0.2, 0.25) is 25.4 Å². The monoisotopic (exact) mass is 986 g/mol. The predicted molar refractivity (Wildman–Crippen MR) is 283 cm³/mol. The second-order valence-electron chi connectivity index (χ2n) is 14.8. The molecule has 2 heterocycles. The van der Waals surface area contributed by atoms with E-state index in [2.05, 4.69) is 75.6 Å². The van der Waals surface area contributed by atoms with Gasteiger partial charge in [0.05, 0.1) is 11.4 Å². The average Bonchev–Trinajstić information content (AvgIpc) is 3.37. The molecule has 0 saturated heterocycles. The van der Waals surface area contributed by atoms with Gasteiger partial charge >= 0.3 is 7.48 Å². The Morgan fingerprint density at radius 1 is 0.294 bits per heavy atom. The smallest absolute Gasteiger partial charge is 0.326 e. The van der Waals surface area contributed by atoms with Crippen LogP contribution >= 0.6 is 58.0 Å². The standard InChI is InChI=1S/C28H18Cl2N2.C21H14ClN3.C6H4BCl2O.H2O/c29-24-15-23(16-25(30)17-24)28-31-26(20-10-5-2-6-11-20)18-27(32-28)22-13-7-12-21(14-22)19-8-3-1-4-9-19;22-21-24-19(16-10-5-2-6-11-16)23-20(25-21)18-13-7-12-17(14-18)15-8-3-1-4-9-15;8-5-1-4(7-10)2-6(9)3-5;/h1-18H;1-14H;1-3,10H;1H2. The first-order chi connectivity index (χ1) is 32.7. The fourth-order valence-corrected chi connectivity index (χ4v) is 8.20. The summed E-state index contributed by atoms with van der Waals surface area (Å²) in [5.41, 5.74) is 11.5. The van der Waals surface area contributed by atoms with Crippen molar-refractivity contribution >= 4 is 70.9 Å². The Morgan fingerprint density at radius 2 is 0.662 bits per heavy atom. The highest BCUT2D eigenvalue weighted by Crippen LogP contribution is 2.32. The molecule has 0 aliphatic carbocycles. The molecule has 7 nitrogen and oxygen atoms in total. The Kier molecular flexibility index (Phi) is 17.2. The van der Waals surface area contributed by atoms with Crippen molar-refractivity contribution in [1.82, 2.24) is 24.9 Å². The van der Waals surface area contributed by atoms with E-state index in [-0.39, 0.29) is 10.8 Å². The number of aromatic nitrogens is 5. The molecule has 0 aliphatic rings. The van der Waals surface area contributed by atoms with Crippen LogP contribution in [-0.2, 0) is 0 Å². The van der Waals surface area contributed by atoms with Gasteiger partial charge < -0.3 is 10.5 Å². The van der Waals surface area contributed by atoms with Gasteiger partial charge in [-0.05, 0) is 88.5 Å². The maximum atomic E-state index is 8.54. The molecule has 0 atom stereocenters. The number of rotatable bonds is 8. The van der Waals surface area contributed by atoms with Crippen LogP contribution in [0.3, 0.4) is 0 Å². The van der Waals surface area contributed by atoms with Crippen molar-refractivity contribution in [1.29, 1.82) is 0 Å². The molecule has 0 bridgehead atoms. The second-order valence-corrected chi connectivity index (χ2v) is 16.9. The van der Waals surface area contributed by atoms with E-state index in [0.717, 1.165) is 68.9 Å². The van der Waals surface area contributed by atoms with E-state index >= 15 is 0 Å². The van der Waals surface area contributed by atoms with Crippen LogP contribution in [0.4, 0.5) is 0 Å². The second kappa shape index (κ2) is 23.8.